The molecule has 0 fully saturated rings. The summed E-state index contributed by atoms with van der Waals surface area (Å²) in [5, 5.41) is 20.1. The highest BCUT2D eigenvalue weighted by atomic mass is 19.1. The van der Waals surface area contributed by atoms with Crippen molar-refractivity contribution in [3.63, 3.8) is 0 Å². The lowest BCUT2D eigenvalue weighted by Gasteiger charge is -2.20. The number of rotatable bonds is 7. The highest BCUT2D eigenvalue weighted by molar-refractivity contribution is 5.99. The minimum absolute atomic E-state index is 0.0120. The number of amides is 1. The molecule has 4 N–H and O–H groups in total. The summed E-state index contributed by atoms with van der Waals surface area (Å²) in [6.07, 6.45) is 6.11. The quantitative estimate of drug-likeness (QED) is 0.222. The number of anilines is 2. The normalized spacial score (nSPS) is 12.9. The van der Waals surface area contributed by atoms with Crippen LogP contribution in [0.2, 0.25) is 0 Å². The first-order chi connectivity index (χ1) is 24.6. The minimum atomic E-state index is -1.10. The van der Waals surface area contributed by atoms with Gasteiger partial charge in [-0.3, -0.25) is 4.79 Å². The maximum atomic E-state index is 13.7. The Balaban J connectivity index is 0.000000176. The third kappa shape index (κ3) is 7.78. The van der Waals surface area contributed by atoms with Crippen LogP contribution in [0, 0.1) is 11.6 Å². The molecular formula is C34H34F2N10O5. The van der Waals surface area contributed by atoms with Crippen LogP contribution >= 0.6 is 0 Å². The number of carbonyl (C=O) groups is 2. The van der Waals surface area contributed by atoms with Crippen LogP contribution in [0.15, 0.2) is 73.3 Å². The summed E-state index contributed by atoms with van der Waals surface area (Å²) >= 11 is 0. The second-order valence-electron chi connectivity index (χ2n) is 11.5. The Morgan fingerprint density at radius 1 is 1.04 bits per heavy atom. The summed E-state index contributed by atoms with van der Waals surface area (Å²) in [5.41, 5.74) is 7.92. The van der Waals surface area contributed by atoms with Crippen molar-refractivity contribution in [2.24, 2.45) is 5.73 Å². The van der Waals surface area contributed by atoms with Crippen molar-refractivity contribution in [2.45, 2.75) is 13.1 Å². The van der Waals surface area contributed by atoms with E-state index in [1.807, 2.05) is 11.9 Å². The largest absolute Gasteiger partial charge is 0.492 e. The predicted molar refractivity (Wildman–Crippen MR) is 182 cm³/mol. The molecule has 264 valence electrons. The number of nitrogens with one attached hydrogen (secondary N) is 1. The van der Waals surface area contributed by atoms with Gasteiger partial charge in [0.05, 0.1) is 18.9 Å². The first kappa shape index (κ1) is 34.5. The van der Waals surface area contributed by atoms with Gasteiger partial charge in [0, 0.05) is 57.3 Å². The van der Waals surface area contributed by atoms with Crippen LogP contribution in [0.1, 0.15) is 31.8 Å². The number of ether oxygens (including phenoxy) is 2. The highest BCUT2D eigenvalue weighted by Crippen LogP contribution is 2.25. The number of carbonyl (C=O) groups excluding carboxylic acids is 1. The highest BCUT2D eigenvalue weighted by Gasteiger charge is 2.18. The summed E-state index contributed by atoms with van der Waals surface area (Å²) < 4.78 is 41.5. The lowest BCUT2D eigenvalue weighted by atomic mass is 10.2. The van der Waals surface area contributed by atoms with Gasteiger partial charge >= 0.3 is 5.97 Å². The summed E-state index contributed by atoms with van der Waals surface area (Å²) in [4.78, 5) is 36.1. The van der Waals surface area contributed by atoms with E-state index >= 15 is 0 Å². The first-order valence-electron chi connectivity index (χ1n) is 15.8. The van der Waals surface area contributed by atoms with Crippen molar-refractivity contribution in [3.8, 4) is 11.5 Å². The second-order valence-corrected chi connectivity index (χ2v) is 11.5. The molecule has 1 aliphatic rings. The zero-order chi connectivity index (χ0) is 36.1. The van der Waals surface area contributed by atoms with Gasteiger partial charge in [-0.25, -0.2) is 32.6 Å². The first-order valence-corrected chi connectivity index (χ1v) is 15.8. The lowest BCUT2D eigenvalue weighted by Crippen LogP contribution is -2.28. The van der Waals surface area contributed by atoms with E-state index < -0.39 is 5.97 Å². The maximum Gasteiger partial charge on any atom is 0.341 e. The van der Waals surface area contributed by atoms with E-state index in [1.165, 1.54) is 41.2 Å². The molecule has 0 aliphatic carbocycles. The number of fused-ring (bicyclic) bond motifs is 3. The summed E-state index contributed by atoms with van der Waals surface area (Å²) in [6, 6.07) is 12.2. The topological polar surface area (TPSA) is 178 Å². The molecule has 5 heterocycles. The monoisotopic (exact) mass is 700 g/mol. The number of aromatic carboxylic acids is 1. The Kier molecular flexibility index (Phi) is 10.2. The summed E-state index contributed by atoms with van der Waals surface area (Å²) in [5.74, 6) is 0.243. The van der Waals surface area contributed by atoms with Gasteiger partial charge in [-0.2, -0.15) is 10.2 Å². The number of carboxylic acid groups (broad SMARTS) is 1. The third-order valence-corrected chi connectivity index (χ3v) is 7.85. The van der Waals surface area contributed by atoms with E-state index in [4.69, 9.17) is 15.2 Å². The van der Waals surface area contributed by atoms with Gasteiger partial charge in [-0.1, -0.05) is 0 Å². The van der Waals surface area contributed by atoms with Gasteiger partial charge < -0.3 is 35.4 Å². The molecule has 0 spiro atoms. The number of benzene rings is 2. The lowest BCUT2D eigenvalue weighted by molar-refractivity contribution is 0.0698. The van der Waals surface area contributed by atoms with E-state index in [9.17, 15) is 23.5 Å². The summed E-state index contributed by atoms with van der Waals surface area (Å²) in [6.45, 7) is 2.01. The molecule has 1 amide bonds. The molecule has 0 unspecified atom stereocenters. The number of carboxylic acids is 1. The predicted octanol–water partition coefficient (Wildman–Crippen LogP) is 3.17. The van der Waals surface area contributed by atoms with E-state index in [0.717, 1.165) is 0 Å². The van der Waals surface area contributed by atoms with Gasteiger partial charge in [0.2, 0.25) is 0 Å². The average Bonchev–Trinajstić information content (AvgIpc) is 3.74. The Labute approximate surface area is 289 Å². The fourth-order valence-electron chi connectivity index (χ4n) is 5.34. The molecule has 0 saturated carbocycles. The van der Waals surface area contributed by atoms with Crippen molar-refractivity contribution in [2.75, 3.05) is 50.2 Å². The molecule has 4 aromatic heterocycles. The fourth-order valence-corrected chi connectivity index (χ4v) is 5.34. The molecule has 15 nitrogen and oxygen atoms in total. The molecule has 0 saturated heterocycles. The number of hydrogen-bond acceptors (Lipinski definition) is 11. The maximum absolute atomic E-state index is 13.7. The van der Waals surface area contributed by atoms with Crippen molar-refractivity contribution in [3.05, 3.63) is 107 Å². The number of hydrogen-bond donors (Lipinski definition) is 3. The standard InChI is InChI=1S/C17H18FN5O3.C17H16FN5O2/c1-22(10-11-8-12(18)2-3-14(11)26-7-5-19)15-4-6-23-16(21-15)13(9-20-23)17(24)25;1-22-10-11-8-12(18)2-3-14(11)25-7-5-19-17(24)13-9-20-23-6-4-15(22)21-16(13)23/h2-4,6,8-9H,5,7,10,19H2,1H3,(H,24,25);2-4,6,8-9H,5,7,10H2,1H3,(H,19,24). The minimum Gasteiger partial charge on any atom is -0.492 e. The van der Waals surface area contributed by atoms with E-state index in [0.29, 0.717) is 78.3 Å². The fraction of sp³-hybridized carbons (Fsp3) is 0.235. The Hall–Kier alpha value is -6.36. The van der Waals surface area contributed by atoms with Gasteiger partial charge in [0.1, 0.15) is 59.1 Å². The molecule has 7 rings (SSSR count). The molecule has 2 bridgehead atoms. The van der Waals surface area contributed by atoms with E-state index in [2.05, 4.69) is 25.5 Å². The Morgan fingerprint density at radius 2 is 1.78 bits per heavy atom. The van der Waals surface area contributed by atoms with Crippen LogP contribution in [0.3, 0.4) is 0 Å². The molecule has 0 radical (unpaired) electrons. The van der Waals surface area contributed by atoms with Crippen LogP contribution in [-0.4, -0.2) is 86.6 Å². The Bertz CT molecular complexity index is 2210. The molecule has 2 aromatic carbocycles. The number of nitrogens with two attached hydrogens (primary N) is 1. The SMILES string of the molecule is CN(Cc1cc(F)ccc1OCCN)c1ccn2ncc(C(=O)O)c2n1.CN1Cc2cc(F)ccc2OCCNC(=O)c2cnn3ccc1nc23. The molecule has 0 atom stereocenters. The summed E-state index contributed by atoms with van der Waals surface area (Å²) in [7, 11) is 3.62. The van der Waals surface area contributed by atoms with Crippen molar-refractivity contribution < 1.29 is 33.0 Å². The van der Waals surface area contributed by atoms with Crippen LogP contribution in [0.4, 0.5) is 20.4 Å². The molecule has 1 aliphatic heterocycles. The van der Waals surface area contributed by atoms with Gasteiger partial charge in [0.25, 0.3) is 5.91 Å². The van der Waals surface area contributed by atoms with Crippen molar-refractivity contribution in [1.29, 1.82) is 0 Å². The number of halogens is 2. The molecule has 17 heteroatoms. The molecule has 51 heavy (non-hydrogen) atoms. The smallest absolute Gasteiger partial charge is 0.341 e. The molecular weight excluding hydrogens is 666 g/mol. The van der Waals surface area contributed by atoms with E-state index in [1.54, 1.807) is 53.1 Å². The number of nitrogens with zero attached hydrogens (tertiary/aromatic N) is 8. The second kappa shape index (κ2) is 15.0. The Morgan fingerprint density at radius 3 is 2.59 bits per heavy atom. The van der Waals surface area contributed by atoms with Gasteiger partial charge in [-0.05, 0) is 48.5 Å². The van der Waals surface area contributed by atoms with Crippen LogP contribution in [0.25, 0.3) is 11.3 Å². The zero-order valence-corrected chi connectivity index (χ0v) is 27.7. The third-order valence-electron chi connectivity index (χ3n) is 7.85. The van der Waals surface area contributed by atoms with Crippen molar-refractivity contribution >= 4 is 34.8 Å². The molecule has 6 aromatic rings. The zero-order valence-electron chi connectivity index (χ0n) is 27.7. The number of aromatic nitrogens is 6. The van der Waals surface area contributed by atoms with E-state index in [-0.39, 0.29) is 35.4 Å². The van der Waals surface area contributed by atoms with Crippen LogP contribution < -0.4 is 30.3 Å². The van der Waals surface area contributed by atoms with Crippen LogP contribution in [-0.2, 0) is 13.1 Å². The van der Waals surface area contributed by atoms with Crippen molar-refractivity contribution in [1.82, 2.24) is 34.5 Å². The van der Waals surface area contributed by atoms with Crippen LogP contribution in [0.5, 0.6) is 11.5 Å². The van der Waals surface area contributed by atoms with Gasteiger partial charge in [0.15, 0.2) is 11.3 Å². The average molecular weight is 701 g/mol. The van der Waals surface area contributed by atoms with Gasteiger partial charge in [-0.15, -0.1) is 0 Å².